The molecule has 4 nitrogen and oxygen atoms in total. The quantitative estimate of drug-likeness (QED) is 0.680. The van der Waals surface area contributed by atoms with Crippen LogP contribution in [0.4, 0.5) is 0 Å². The lowest BCUT2D eigenvalue weighted by Crippen LogP contribution is -2.55. The summed E-state index contributed by atoms with van der Waals surface area (Å²) >= 11 is 0. The van der Waals surface area contributed by atoms with Crippen LogP contribution < -0.4 is 11.1 Å². The number of unbranched alkanes of at least 4 members (excludes halogenated alkanes) is 1. The van der Waals surface area contributed by atoms with Crippen LogP contribution in [0.1, 0.15) is 44.9 Å². The molecule has 0 heterocycles. The van der Waals surface area contributed by atoms with Gasteiger partial charge in [0.25, 0.3) is 0 Å². The molecular formula is C11H19N3O. The third-order valence-electron chi connectivity index (χ3n) is 2.95. The number of nitrogens with zero attached hydrogens (tertiary/aromatic N) is 1. The van der Waals surface area contributed by atoms with Gasteiger partial charge in [-0.3, -0.25) is 4.79 Å². The number of amides is 1. The molecule has 0 unspecified atom stereocenters. The minimum absolute atomic E-state index is 0.0415. The molecule has 1 aliphatic rings. The third kappa shape index (κ3) is 3.52. The molecule has 0 aromatic carbocycles. The maximum atomic E-state index is 11.8. The number of nitrogens with one attached hydrogen (secondary N) is 1. The van der Waals surface area contributed by atoms with E-state index in [4.69, 9.17) is 11.0 Å². The first kappa shape index (κ1) is 12.0. The highest BCUT2D eigenvalue weighted by atomic mass is 16.2. The highest BCUT2D eigenvalue weighted by Gasteiger charge is 2.34. The minimum Gasteiger partial charge on any atom is -0.354 e. The zero-order valence-electron chi connectivity index (χ0n) is 9.09. The first-order chi connectivity index (χ1) is 7.19. The van der Waals surface area contributed by atoms with Gasteiger partial charge in [-0.2, -0.15) is 5.26 Å². The van der Waals surface area contributed by atoms with Gasteiger partial charge in [0.1, 0.15) is 0 Å². The summed E-state index contributed by atoms with van der Waals surface area (Å²) in [7, 11) is 0. The van der Waals surface area contributed by atoms with Crippen LogP contribution in [0.5, 0.6) is 0 Å². The van der Waals surface area contributed by atoms with E-state index in [2.05, 4.69) is 5.32 Å². The Morgan fingerprint density at radius 3 is 2.67 bits per heavy atom. The fraction of sp³-hybridized carbons (Fsp3) is 0.818. The fourth-order valence-electron chi connectivity index (χ4n) is 1.96. The van der Waals surface area contributed by atoms with E-state index in [1.165, 1.54) is 6.42 Å². The fourth-order valence-corrected chi connectivity index (χ4v) is 1.96. The SMILES string of the molecule is N#CCCCNC(=O)C1(N)CCCCC1. The predicted molar refractivity (Wildman–Crippen MR) is 57.9 cm³/mol. The van der Waals surface area contributed by atoms with Gasteiger partial charge in [0.2, 0.25) is 5.91 Å². The van der Waals surface area contributed by atoms with Crippen molar-refractivity contribution >= 4 is 5.91 Å². The van der Waals surface area contributed by atoms with Gasteiger partial charge in [0.15, 0.2) is 0 Å². The molecule has 1 saturated carbocycles. The molecule has 0 aromatic heterocycles. The van der Waals surface area contributed by atoms with Crippen molar-refractivity contribution in [2.75, 3.05) is 6.54 Å². The normalized spacial score (nSPS) is 19.2. The van der Waals surface area contributed by atoms with Crippen LogP contribution in [-0.2, 0) is 4.79 Å². The molecular weight excluding hydrogens is 190 g/mol. The minimum atomic E-state index is -0.648. The van der Waals surface area contributed by atoms with Crippen molar-refractivity contribution in [3.63, 3.8) is 0 Å². The summed E-state index contributed by atoms with van der Waals surface area (Å²) in [6, 6.07) is 2.05. The highest BCUT2D eigenvalue weighted by Crippen LogP contribution is 2.25. The number of carbonyl (C=O) groups excluding carboxylic acids is 1. The second-order valence-electron chi connectivity index (χ2n) is 4.23. The van der Waals surface area contributed by atoms with Crippen LogP contribution in [0.2, 0.25) is 0 Å². The van der Waals surface area contributed by atoms with E-state index in [1.54, 1.807) is 0 Å². The second kappa shape index (κ2) is 5.72. The zero-order valence-corrected chi connectivity index (χ0v) is 9.09. The van der Waals surface area contributed by atoms with Crippen molar-refractivity contribution in [2.24, 2.45) is 5.73 Å². The molecule has 1 fully saturated rings. The first-order valence-electron chi connectivity index (χ1n) is 5.63. The number of nitriles is 1. The molecule has 3 N–H and O–H groups in total. The van der Waals surface area contributed by atoms with Gasteiger partial charge in [-0.1, -0.05) is 19.3 Å². The van der Waals surface area contributed by atoms with Crippen molar-refractivity contribution in [1.29, 1.82) is 5.26 Å². The van der Waals surface area contributed by atoms with Crippen molar-refractivity contribution in [3.05, 3.63) is 0 Å². The van der Waals surface area contributed by atoms with Gasteiger partial charge in [0, 0.05) is 13.0 Å². The van der Waals surface area contributed by atoms with Gasteiger partial charge in [0.05, 0.1) is 11.6 Å². The van der Waals surface area contributed by atoms with Crippen LogP contribution in [0.3, 0.4) is 0 Å². The topological polar surface area (TPSA) is 78.9 Å². The Balaban J connectivity index is 2.29. The maximum absolute atomic E-state index is 11.8. The number of hydrogen-bond donors (Lipinski definition) is 2. The number of rotatable bonds is 4. The summed E-state index contributed by atoms with van der Waals surface area (Å²) in [5.41, 5.74) is 5.39. The molecule has 1 amide bonds. The van der Waals surface area contributed by atoms with E-state index in [0.29, 0.717) is 19.4 Å². The summed E-state index contributed by atoms with van der Waals surface area (Å²) in [6.45, 7) is 0.561. The lowest BCUT2D eigenvalue weighted by atomic mass is 9.82. The average Bonchev–Trinajstić information content (AvgIpc) is 2.25. The van der Waals surface area contributed by atoms with E-state index in [0.717, 1.165) is 25.7 Å². The Kier molecular flexibility index (Phi) is 4.57. The first-order valence-corrected chi connectivity index (χ1v) is 5.63. The van der Waals surface area contributed by atoms with Crippen LogP contribution in [0.25, 0.3) is 0 Å². The van der Waals surface area contributed by atoms with Crippen LogP contribution >= 0.6 is 0 Å². The molecule has 0 aliphatic heterocycles. The number of hydrogen-bond acceptors (Lipinski definition) is 3. The molecule has 1 aliphatic carbocycles. The zero-order chi connectivity index (χ0) is 11.1. The molecule has 0 atom stereocenters. The van der Waals surface area contributed by atoms with E-state index in [1.807, 2.05) is 6.07 Å². The van der Waals surface area contributed by atoms with Gasteiger partial charge in [-0.15, -0.1) is 0 Å². The van der Waals surface area contributed by atoms with E-state index in [9.17, 15) is 4.79 Å². The van der Waals surface area contributed by atoms with Crippen molar-refractivity contribution in [3.8, 4) is 6.07 Å². The van der Waals surface area contributed by atoms with E-state index in [-0.39, 0.29) is 5.91 Å². The van der Waals surface area contributed by atoms with E-state index < -0.39 is 5.54 Å². The molecule has 0 bridgehead atoms. The summed E-state index contributed by atoms with van der Waals surface area (Å²) in [5, 5.41) is 11.2. The predicted octanol–water partition coefficient (Wildman–Crippen LogP) is 1.07. The summed E-state index contributed by atoms with van der Waals surface area (Å²) in [6.07, 6.45) is 6.04. The average molecular weight is 209 g/mol. The molecule has 4 heteroatoms. The number of nitrogens with two attached hydrogens (primary N) is 1. The van der Waals surface area contributed by atoms with Crippen molar-refractivity contribution in [2.45, 2.75) is 50.5 Å². The Morgan fingerprint density at radius 2 is 2.07 bits per heavy atom. The van der Waals surface area contributed by atoms with Gasteiger partial charge in [-0.05, 0) is 19.3 Å². The Labute approximate surface area is 90.8 Å². The molecule has 0 spiro atoms. The van der Waals surface area contributed by atoms with Crippen molar-refractivity contribution in [1.82, 2.24) is 5.32 Å². The molecule has 15 heavy (non-hydrogen) atoms. The monoisotopic (exact) mass is 209 g/mol. The summed E-state index contributed by atoms with van der Waals surface area (Å²) in [4.78, 5) is 11.8. The standard InChI is InChI=1S/C11H19N3O/c12-8-4-5-9-14-10(15)11(13)6-2-1-3-7-11/h1-7,9,13H2,(H,14,15). The van der Waals surface area contributed by atoms with E-state index >= 15 is 0 Å². The van der Waals surface area contributed by atoms with Gasteiger partial charge >= 0.3 is 0 Å². The van der Waals surface area contributed by atoms with Crippen LogP contribution in [0, 0.1) is 11.3 Å². The largest absolute Gasteiger partial charge is 0.354 e. The molecule has 84 valence electrons. The Morgan fingerprint density at radius 1 is 1.40 bits per heavy atom. The second-order valence-corrected chi connectivity index (χ2v) is 4.23. The van der Waals surface area contributed by atoms with Crippen molar-refractivity contribution < 1.29 is 4.79 Å². The maximum Gasteiger partial charge on any atom is 0.240 e. The smallest absolute Gasteiger partial charge is 0.240 e. The lowest BCUT2D eigenvalue weighted by molar-refractivity contribution is -0.127. The lowest BCUT2D eigenvalue weighted by Gasteiger charge is -2.31. The molecule has 0 aromatic rings. The van der Waals surface area contributed by atoms with Gasteiger partial charge < -0.3 is 11.1 Å². The number of carbonyl (C=O) groups is 1. The van der Waals surface area contributed by atoms with Gasteiger partial charge in [-0.25, -0.2) is 0 Å². The molecule has 0 saturated heterocycles. The third-order valence-corrected chi connectivity index (χ3v) is 2.95. The molecule has 1 rings (SSSR count). The highest BCUT2D eigenvalue weighted by molar-refractivity contribution is 5.86. The Bertz CT molecular complexity index is 251. The summed E-state index contributed by atoms with van der Waals surface area (Å²) < 4.78 is 0. The molecule has 0 radical (unpaired) electrons. The Hall–Kier alpha value is -1.08. The summed E-state index contributed by atoms with van der Waals surface area (Å²) in [5.74, 6) is -0.0415. The van der Waals surface area contributed by atoms with Crippen LogP contribution in [-0.4, -0.2) is 18.0 Å². The van der Waals surface area contributed by atoms with Crippen LogP contribution in [0.15, 0.2) is 0 Å².